The van der Waals surface area contributed by atoms with E-state index in [1.54, 1.807) is 42.4 Å². The largest absolute Gasteiger partial charge is 0.497 e. The van der Waals surface area contributed by atoms with Crippen molar-refractivity contribution in [3.63, 3.8) is 0 Å². The average Bonchev–Trinajstić information content (AvgIpc) is 3.54. The molecule has 3 aliphatic heterocycles. The molecule has 0 aromatic heterocycles. The first-order valence-corrected chi connectivity index (χ1v) is 14.2. The SMILES string of the molecule is C=CCOC(=O)[C@H]1[C@H]2C(=O)N([C@@H](CO)[C@@H](C)CC)C(C(=O)N(CC=C)c3ccc(OC)cc3)C23CC(Br)[C@@H]1O3. The third-order valence-corrected chi connectivity index (χ3v) is 9.23. The van der Waals surface area contributed by atoms with E-state index in [4.69, 9.17) is 14.2 Å². The normalized spacial score (nSPS) is 30.4. The molecule has 2 bridgehead atoms. The smallest absolute Gasteiger partial charge is 0.312 e. The van der Waals surface area contributed by atoms with Crippen LogP contribution in [-0.2, 0) is 23.9 Å². The van der Waals surface area contributed by atoms with Gasteiger partial charge in [0.1, 0.15) is 24.0 Å². The Morgan fingerprint density at radius 3 is 2.56 bits per heavy atom. The highest BCUT2D eigenvalue weighted by atomic mass is 79.9. The van der Waals surface area contributed by atoms with Crippen LogP contribution < -0.4 is 9.64 Å². The van der Waals surface area contributed by atoms with E-state index >= 15 is 0 Å². The van der Waals surface area contributed by atoms with Crippen molar-refractivity contribution in [2.75, 3.05) is 31.8 Å². The Labute approximate surface area is 237 Å². The second-order valence-corrected chi connectivity index (χ2v) is 11.6. The third-order valence-electron chi connectivity index (χ3n) is 8.38. The highest BCUT2D eigenvalue weighted by Crippen LogP contribution is 2.61. The second-order valence-electron chi connectivity index (χ2n) is 10.4. The quantitative estimate of drug-likeness (QED) is 0.222. The number of hydrogen-bond acceptors (Lipinski definition) is 7. The predicted octanol–water partition coefficient (Wildman–Crippen LogP) is 3.10. The maximum Gasteiger partial charge on any atom is 0.312 e. The minimum Gasteiger partial charge on any atom is -0.497 e. The zero-order chi connectivity index (χ0) is 28.5. The number of halogens is 1. The molecule has 9 nitrogen and oxygen atoms in total. The number of hydrogen-bond donors (Lipinski definition) is 1. The van der Waals surface area contributed by atoms with E-state index in [1.807, 2.05) is 13.8 Å². The van der Waals surface area contributed by atoms with Gasteiger partial charge in [-0.25, -0.2) is 0 Å². The number of anilines is 1. The van der Waals surface area contributed by atoms with E-state index in [0.29, 0.717) is 24.3 Å². The van der Waals surface area contributed by atoms with Crippen LogP contribution in [0, 0.1) is 17.8 Å². The number of amides is 2. The van der Waals surface area contributed by atoms with Crippen molar-refractivity contribution in [1.29, 1.82) is 0 Å². The number of nitrogens with zero attached hydrogens (tertiary/aromatic N) is 2. The van der Waals surface area contributed by atoms with Crippen LogP contribution in [-0.4, -0.2) is 83.3 Å². The molecule has 3 saturated heterocycles. The van der Waals surface area contributed by atoms with Crippen molar-refractivity contribution < 1.29 is 33.7 Å². The van der Waals surface area contributed by atoms with Gasteiger partial charge < -0.3 is 29.1 Å². The first-order chi connectivity index (χ1) is 18.7. The molecule has 0 radical (unpaired) electrons. The molecule has 0 saturated carbocycles. The number of methoxy groups -OCH3 is 1. The van der Waals surface area contributed by atoms with E-state index < -0.39 is 41.6 Å². The lowest BCUT2D eigenvalue weighted by molar-refractivity contribution is -0.155. The number of alkyl halides is 1. The van der Waals surface area contributed by atoms with Crippen molar-refractivity contribution in [1.82, 2.24) is 4.90 Å². The van der Waals surface area contributed by atoms with Crippen LogP contribution in [0.1, 0.15) is 26.7 Å². The second kappa shape index (κ2) is 11.8. The molecule has 212 valence electrons. The Morgan fingerprint density at radius 2 is 2.00 bits per heavy atom. The molecule has 3 fully saturated rings. The van der Waals surface area contributed by atoms with Crippen LogP contribution in [0.15, 0.2) is 49.6 Å². The Kier molecular flexibility index (Phi) is 8.88. The molecule has 4 rings (SSSR count). The van der Waals surface area contributed by atoms with Gasteiger partial charge in [0.05, 0.1) is 37.7 Å². The van der Waals surface area contributed by atoms with Crippen molar-refractivity contribution >= 4 is 39.4 Å². The molecule has 10 heteroatoms. The summed E-state index contributed by atoms with van der Waals surface area (Å²) in [5, 5.41) is 10.5. The number of rotatable bonds is 12. The van der Waals surface area contributed by atoms with Crippen molar-refractivity contribution in [3.05, 3.63) is 49.6 Å². The standard InChI is InChI=1S/C29H37BrN2O7/c1-6-13-31(18-9-11-19(37-5)12-10-18)27(35)25-29-15-20(30)24(39-29)22(28(36)38-14-7-2)23(29)26(34)32(25)21(16-33)17(4)8-3/h6-7,9-12,17,20-25,33H,1-2,8,13-16H2,3-5H3/t17-,20?,21-,22-,23-,24-,25?,29?/m0/s1. The lowest BCUT2D eigenvalue weighted by atomic mass is 9.70. The van der Waals surface area contributed by atoms with Gasteiger partial charge in [-0.15, -0.1) is 6.58 Å². The molecule has 3 heterocycles. The highest BCUT2D eigenvalue weighted by Gasteiger charge is 2.77. The Balaban J connectivity index is 1.84. The lowest BCUT2D eigenvalue weighted by Crippen LogP contribution is -2.60. The molecule has 1 spiro atoms. The predicted molar refractivity (Wildman–Crippen MR) is 150 cm³/mol. The summed E-state index contributed by atoms with van der Waals surface area (Å²) in [4.78, 5) is 44.9. The fourth-order valence-corrected chi connectivity index (χ4v) is 7.33. The van der Waals surface area contributed by atoms with Gasteiger partial charge >= 0.3 is 5.97 Å². The van der Waals surface area contributed by atoms with Crippen LogP contribution in [0.4, 0.5) is 5.69 Å². The lowest BCUT2D eigenvalue weighted by Gasteiger charge is -2.41. The number of benzene rings is 1. The molecule has 2 amide bonds. The third kappa shape index (κ3) is 4.80. The number of aliphatic hydroxyl groups excluding tert-OH is 1. The summed E-state index contributed by atoms with van der Waals surface area (Å²) in [6.45, 7) is 11.2. The monoisotopic (exact) mass is 604 g/mol. The zero-order valence-electron chi connectivity index (χ0n) is 22.6. The van der Waals surface area contributed by atoms with Gasteiger partial charge in [0.15, 0.2) is 0 Å². The van der Waals surface area contributed by atoms with Gasteiger partial charge in [-0.3, -0.25) is 14.4 Å². The molecule has 1 aromatic carbocycles. The van der Waals surface area contributed by atoms with Gasteiger partial charge in [0.25, 0.3) is 5.91 Å². The van der Waals surface area contributed by atoms with Crippen LogP contribution in [0.5, 0.6) is 5.75 Å². The molecule has 3 aliphatic rings. The molecule has 0 aliphatic carbocycles. The van der Waals surface area contributed by atoms with E-state index in [9.17, 15) is 19.5 Å². The number of likely N-dealkylation sites (tertiary alicyclic amines) is 1. The molecule has 1 aromatic rings. The van der Waals surface area contributed by atoms with E-state index in [-0.39, 0.29) is 42.3 Å². The molecular formula is C29H37BrN2O7. The minimum atomic E-state index is -1.27. The molecule has 1 N–H and O–H groups in total. The number of esters is 1. The molecule has 8 atom stereocenters. The van der Waals surface area contributed by atoms with Crippen LogP contribution in [0.3, 0.4) is 0 Å². The highest BCUT2D eigenvalue weighted by molar-refractivity contribution is 9.09. The Hall–Kier alpha value is -2.69. The van der Waals surface area contributed by atoms with Crippen LogP contribution in [0.25, 0.3) is 0 Å². The summed E-state index contributed by atoms with van der Waals surface area (Å²) in [6, 6.07) is 5.34. The summed E-state index contributed by atoms with van der Waals surface area (Å²) < 4.78 is 17.2. The average molecular weight is 606 g/mol. The van der Waals surface area contributed by atoms with Crippen molar-refractivity contribution in [2.24, 2.45) is 17.8 Å². The maximum absolute atomic E-state index is 14.6. The fraction of sp³-hybridized carbons (Fsp3) is 0.552. The van der Waals surface area contributed by atoms with Crippen molar-refractivity contribution in [3.8, 4) is 5.75 Å². The summed E-state index contributed by atoms with van der Waals surface area (Å²) >= 11 is 3.66. The molecule has 3 unspecified atom stereocenters. The Bertz CT molecular complexity index is 1110. The van der Waals surface area contributed by atoms with Gasteiger partial charge in [-0.1, -0.05) is 54.9 Å². The van der Waals surface area contributed by atoms with Crippen LogP contribution in [0.2, 0.25) is 0 Å². The number of fused-ring (bicyclic) bond motifs is 1. The van der Waals surface area contributed by atoms with Crippen LogP contribution >= 0.6 is 15.9 Å². The van der Waals surface area contributed by atoms with Crippen molar-refractivity contribution in [2.45, 2.75) is 55.3 Å². The van der Waals surface area contributed by atoms with Gasteiger partial charge in [0, 0.05) is 17.1 Å². The van der Waals surface area contributed by atoms with E-state index in [2.05, 4.69) is 29.1 Å². The molecule has 39 heavy (non-hydrogen) atoms. The first-order valence-electron chi connectivity index (χ1n) is 13.3. The van der Waals surface area contributed by atoms with Gasteiger partial charge in [-0.05, 0) is 36.6 Å². The number of carbonyl (C=O) groups is 3. The van der Waals surface area contributed by atoms with E-state index in [0.717, 1.165) is 0 Å². The molecular weight excluding hydrogens is 568 g/mol. The summed E-state index contributed by atoms with van der Waals surface area (Å²) in [5.74, 6) is -2.57. The van der Waals surface area contributed by atoms with Gasteiger partial charge in [-0.2, -0.15) is 0 Å². The number of carbonyl (C=O) groups excluding carboxylic acids is 3. The fourth-order valence-electron chi connectivity index (χ4n) is 6.39. The summed E-state index contributed by atoms with van der Waals surface area (Å²) in [6.07, 6.45) is 3.49. The topological polar surface area (TPSA) is 106 Å². The number of ether oxygens (including phenoxy) is 3. The van der Waals surface area contributed by atoms with E-state index in [1.165, 1.54) is 11.0 Å². The summed E-state index contributed by atoms with van der Waals surface area (Å²) in [5.41, 5.74) is -0.667. The zero-order valence-corrected chi connectivity index (χ0v) is 24.2. The summed E-state index contributed by atoms with van der Waals surface area (Å²) in [7, 11) is 1.56. The maximum atomic E-state index is 14.6. The van der Waals surface area contributed by atoms with Gasteiger partial charge in [0.2, 0.25) is 5.91 Å². The Morgan fingerprint density at radius 1 is 1.31 bits per heavy atom. The minimum absolute atomic E-state index is 0.00566. The first kappa shape index (κ1) is 29.3. The number of aliphatic hydroxyl groups is 1.